The van der Waals surface area contributed by atoms with Crippen LogP contribution in [0.5, 0.6) is 0 Å². The van der Waals surface area contributed by atoms with Gasteiger partial charge in [0.05, 0.1) is 0 Å². The maximum absolute atomic E-state index is 5.48. The van der Waals surface area contributed by atoms with Crippen LogP contribution in [-0.2, 0) is 0 Å². The summed E-state index contributed by atoms with van der Waals surface area (Å²) in [7, 11) is 0. The van der Waals surface area contributed by atoms with E-state index in [0.717, 1.165) is 12.2 Å². The standard InChI is InChI=1S/C11H19N3/c1-8-6-9(2)11(13-7-8)14-10(3)4-5-12/h6-7,10H,4-5,12H2,1-3H3,(H,13,14). The Labute approximate surface area is 85.7 Å². The first-order valence-electron chi connectivity index (χ1n) is 5.03. The molecule has 0 bridgehead atoms. The second-order valence-corrected chi connectivity index (χ2v) is 3.80. The quantitative estimate of drug-likeness (QED) is 0.767. The second kappa shape index (κ2) is 4.96. The summed E-state index contributed by atoms with van der Waals surface area (Å²) in [4.78, 5) is 4.35. The predicted octanol–water partition coefficient (Wildman–Crippen LogP) is 1.85. The van der Waals surface area contributed by atoms with Crippen LogP contribution in [0.25, 0.3) is 0 Å². The zero-order valence-corrected chi connectivity index (χ0v) is 9.17. The van der Waals surface area contributed by atoms with Crippen LogP contribution in [0.3, 0.4) is 0 Å². The SMILES string of the molecule is Cc1cnc(NC(C)CCN)c(C)c1. The molecule has 1 atom stereocenters. The molecule has 0 aliphatic rings. The minimum absolute atomic E-state index is 0.383. The van der Waals surface area contributed by atoms with Crippen molar-refractivity contribution in [1.82, 2.24) is 4.98 Å². The number of aryl methyl sites for hydroxylation is 2. The van der Waals surface area contributed by atoms with Gasteiger partial charge >= 0.3 is 0 Å². The Morgan fingerprint density at radius 3 is 2.79 bits per heavy atom. The molecular formula is C11H19N3. The molecule has 0 amide bonds. The number of hydrogen-bond donors (Lipinski definition) is 2. The Hall–Kier alpha value is -1.09. The summed E-state index contributed by atoms with van der Waals surface area (Å²) in [6, 6.07) is 2.51. The first kappa shape index (κ1) is 11.0. The van der Waals surface area contributed by atoms with Gasteiger partial charge in [-0.3, -0.25) is 0 Å². The molecule has 14 heavy (non-hydrogen) atoms. The molecule has 0 saturated carbocycles. The van der Waals surface area contributed by atoms with E-state index in [0.29, 0.717) is 12.6 Å². The van der Waals surface area contributed by atoms with Crippen molar-refractivity contribution in [3.8, 4) is 0 Å². The third kappa shape index (κ3) is 3.00. The molecule has 0 fully saturated rings. The highest BCUT2D eigenvalue weighted by atomic mass is 15.0. The van der Waals surface area contributed by atoms with Crippen molar-refractivity contribution < 1.29 is 0 Å². The summed E-state index contributed by atoms with van der Waals surface area (Å²) < 4.78 is 0. The monoisotopic (exact) mass is 193 g/mol. The molecule has 0 aliphatic carbocycles. The summed E-state index contributed by atoms with van der Waals surface area (Å²) in [6.45, 7) is 6.94. The number of hydrogen-bond acceptors (Lipinski definition) is 3. The van der Waals surface area contributed by atoms with E-state index in [1.807, 2.05) is 13.1 Å². The van der Waals surface area contributed by atoms with E-state index in [9.17, 15) is 0 Å². The van der Waals surface area contributed by atoms with Gasteiger partial charge in [-0.1, -0.05) is 6.07 Å². The number of rotatable bonds is 4. The van der Waals surface area contributed by atoms with Crippen molar-refractivity contribution in [3.63, 3.8) is 0 Å². The molecule has 0 aromatic carbocycles. The van der Waals surface area contributed by atoms with Crippen LogP contribution >= 0.6 is 0 Å². The molecule has 1 heterocycles. The molecule has 3 nitrogen and oxygen atoms in total. The van der Waals surface area contributed by atoms with Crippen LogP contribution in [-0.4, -0.2) is 17.6 Å². The van der Waals surface area contributed by atoms with Crippen LogP contribution in [0, 0.1) is 13.8 Å². The fraction of sp³-hybridized carbons (Fsp3) is 0.545. The summed E-state index contributed by atoms with van der Waals surface area (Å²) in [6.07, 6.45) is 2.85. The van der Waals surface area contributed by atoms with E-state index in [2.05, 4.69) is 30.2 Å². The Balaban J connectivity index is 2.67. The average molecular weight is 193 g/mol. The van der Waals surface area contributed by atoms with Gasteiger partial charge in [0, 0.05) is 12.2 Å². The number of nitrogens with zero attached hydrogens (tertiary/aromatic N) is 1. The van der Waals surface area contributed by atoms with Crippen molar-refractivity contribution in [3.05, 3.63) is 23.4 Å². The van der Waals surface area contributed by atoms with Gasteiger partial charge in [0.25, 0.3) is 0 Å². The Bertz CT molecular complexity index is 297. The van der Waals surface area contributed by atoms with Gasteiger partial charge in [0.1, 0.15) is 5.82 Å². The Morgan fingerprint density at radius 1 is 1.50 bits per heavy atom. The van der Waals surface area contributed by atoms with E-state index in [4.69, 9.17) is 5.73 Å². The van der Waals surface area contributed by atoms with Gasteiger partial charge in [-0.25, -0.2) is 4.98 Å². The lowest BCUT2D eigenvalue weighted by atomic mass is 10.2. The van der Waals surface area contributed by atoms with Crippen molar-refractivity contribution in [2.75, 3.05) is 11.9 Å². The first-order chi connectivity index (χ1) is 6.63. The van der Waals surface area contributed by atoms with E-state index < -0.39 is 0 Å². The molecule has 3 N–H and O–H groups in total. The van der Waals surface area contributed by atoms with Gasteiger partial charge in [-0.2, -0.15) is 0 Å². The van der Waals surface area contributed by atoms with Crippen LogP contribution in [0.1, 0.15) is 24.5 Å². The fourth-order valence-corrected chi connectivity index (χ4v) is 1.42. The lowest BCUT2D eigenvalue weighted by Gasteiger charge is -2.15. The molecule has 1 unspecified atom stereocenters. The van der Waals surface area contributed by atoms with Crippen molar-refractivity contribution in [2.24, 2.45) is 5.73 Å². The van der Waals surface area contributed by atoms with Crippen molar-refractivity contribution in [2.45, 2.75) is 33.2 Å². The van der Waals surface area contributed by atoms with Crippen LogP contribution in [0.15, 0.2) is 12.3 Å². The lowest BCUT2D eigenvalue weighted by Crippen LogP contribution is -2.20. The second-order valence-electron chi connectivity index (χ2n) is 3.80. The fourth-order valence-electron chi connectivity index (χ4n) is 1.42. The molecule has 1 aromatic heterocycles. The highest BCUT2D eigenvalue weighted by Crippen LogP contribution is 2.13. The summed E-state index contributed by atoms with van der Waals surface area (Å²) in [5, 5.41) is 3.35. The number of nitrogens with one attached hydrogen (secondary N) is 1. The smallest absolute Gasteiger partial charge is 0.129 e. The van der Waals surface area contributed by atoms with Gasteiger partial charge in [-0.05, 0) is 44.9 Å². The number of nitrogens with two attached hydrogens (primary N) is 1. The van der Waals surface area contributed by atoms with E-state index in [1.165, 1.54) is 11.1 Å². The molecule has 1 aromatic rings. The number of aromatic nitrogens is 1. The molecule has 3 heteroatoms. The number of pyridine rings is 1. The van der Waals surface area contributed by atoms with Crippen LogP contribution < -0.4 is 11.1 Å². The highest BCUT2D eigenvalue weighted by Gasteiger charge is 2.04. The van der Waals surface area contributed by atoms with E-state index in [-0.39, 0.29) is 0 Å². The molecule has 0 aliphatic heterocycles. The first-order valence-corrected chi connectivity index (χ1v) is 5.03. The minimum atomic E-state index is 0.383. The van der Waals surface area contributed by atoms with Gasteiger partial charge in [0.2, 0.25) is 0 Å². The molecule has 78 valence electrons. The zero-order chi connectivity index (χ0) is 10.6. The highest BCUT2D eigenvalue weighted by molar-refractivity contribution is 5.44. The summed E-state index contributed by atoms with van der Waals surface area (Å²) >= 11 is 0. The summed E-state index contributed by atoms with van der Waals surface area (Å²) in [5.41, 5.74) is 7.87. The predicted molar refractivity (Wildman–Crippen MR) is 60.5 cm³/mol. The molecule has 0 saturated heterocycles. The third-order valence-corrected chi connectivity index (χ3v) is 2.20. The molecule has 1 rings (SSSR count). The molecular weight excluding hydrogens is 174 g/mol. The lowest BCUT2D eigenvalue weighted by molar-refractivity contribution is 0.712. The summed E-state index contributed by atoms with van der Waals surface area (Å²) in [5.74, 6) is 0.969. The topological polar surface area (TPSA) is 50.9 Å². The van der Waals surface area contributed by atoms with Gasteiger partial charge in [0.15, 0.2) is 0 Å². The van der Waals surface area contributed by atoms with Crippen molar-refractivity contribution in [1.29, 1.82) is 0 Å². The third-order valence-electron chi connectivity index (χ3n) is 2.20. The van der Waals surface area contributed by atoms with Crippen LogP contribution in [0.4, 0.5) is 5.82 Å². The largest absolute Gasteiger partial charge is 0.367 e. The Kier molecular flexibility index (Phi) is 3.89. The van der Waals surface area contributed by atoms with E-state index in [1.54, 1.807) is 0 Å². The molecule has 0 radical (unpaired) electrons. The van der Waals surface area contributed by atoms with Crippen molar-refractivity contribution >= 4 is 5.82 Å². The van der Waals surface area contributed by atoms with Gasteiger partial charge in [-0.15, -0.1) is 0 Å². The zero-order valence-electron chi connectivity index (χ0n) is 9.17. The van der Waals surface area contributed by atoms with Crippen LogP contribution in [0.2, 0.25) is 0 Å². The Morgan fingerprint density at radius 2 is 2.21 bits per heavy atom. The maximum Gasteiger partial charge on any atom is 0.129 e. The minimum Gasteiger partial charge on any atom is -0.367 e. The average Bonchev–Trinajstić information content (AvgIpc) is 2.10. The maximum atomic E-state index is 5.48. The van der Waals surface area contributed by atoms with Gasteiger partial charge < -0.3 is 11.1 Å². The van der Waals surface area contributed by atoms with E-state index >= 15 is 0 Å². The molecule has 0 spiro atoms. The number of anilines is 1. The normalized spacial score (nSPS) is 12.6.